The van der Waals surface area contributed by atoms with Gasteiger partial charge in [-0.05, 0) is 54.2 Å². The molecule has 4 nitrogen and oxygen atoms in total. The van der Waals surface area contributed by atoms with Crippen LogP contribution >= 0.6 is 0 Å². The smallest absolute Gasteiger partial charge is 0.307 e. The molecule has 1 N–H and O–H groups in total. The molecule has 0 heterocycles. The van der Waals surface area contributed by atoms with E-state index in [0.717, 1.165) is 41.5 Å². The number of hydrogen-bond acceptors (Lipinski definition) is 3. The summed E-state index contributed by atoms with van der Waals surface area (Å²) in [6.45, 7) is 3.72. The van der Waals surface area contributed by atoms with Crippen LogP contribution in [0, 0.1) is 12.7 Å². The highest BCUT2D eigenvalue weighted by atomic mass is 19.1. The number of aryl methyl sites for hydroxylation is 1. The molecule has 5 heteroatoms. The molecule has 3 rings (SSSR count). The zero-order chi connectivity index (χ0) is 20.9. The number of benzene rings is 2. The SMILES string of the molecule is CCC(=O)OC1(NC(=O)Cc2cc(-c3ccc(F)cc3)ccc2C)CCCCC1. The van der Waals surface area contributed by atoms with Crippen LogP contribution in [0.5, 0.6) is 0 Å². The second-order valence-electron chi connectivity index (χ2n) is 7.76. The lowest BCUT2D eigenvalue weighted by molar-refractivity contribution is -0.169. The van der Waals surface area contributed by atoms with E-state index in [4.69, 9.17) is 4.74 Å². The maximum atomic E-state index is 13.2. The van der Waals surface area contributed by atoms with E-state index in [1.807, 2.05) is 25.1 Å². The summed E-state index contributed by atoms with van der Waals surface area (Å²) in [7, 11) is 0. The van der Waals surface area contributed by atoms with E-state index in [2.05, 4.69) is 5.32 Å². The minimum Gasteiger partial charge on any atom is -0.439 e. The molecule has 154 valence electrons. The van der Waals surface area contributed by atoms with Crippen LogP contribution < -0.4 is 5.32 Å². The Balaban J connectivity index is 1.76. The fourth-order valence-corrected chi connectivity index (χ4v) is 3.82. The van der Waals surface area contributed by atoms with Crippen molar-refractivity contribution < 1.29 is 18.7 Å². The number of rotatable bonds is 6. The molecular formula is C24H28FNO3. The van der Waals surface area contributed by atoms with Gasteiger partial charge in [0.25, 0.3) is 0 Å². The topological polar surface area (TPSA) is 55.4 Å². The van der Waals surface area contributed by atoms with Crippen LogP contribution in [0.4, 0.5) is 4.39 Å². The predicted molar refractivity (Wildman–Crippen MR) is 111 cm³/mol. The van der Waals surface area contributed by atoms with Gasteiger partial charge in [0.1, 0.15) is 5.82 Å². The van der Waals surface area contributed by atoms with Gasteiger partial charge in [-0.25, -0.2) is 4.39 Å². The third-order valence-electron chi connectivity index (χ3n) is 5.50. The van der Waals surface area contributed by atoms with Gasteiger partial charge < -0.3 is 10.1 Å². The van der Waals surface area contributed by atoms with E-state index in [-0.39, 0.29) is 30.5 Å². The second kappa shape index (κ2) is 9.21. The van der Waals surface area contributed by atoms with Crippen molar-refractivity contribution in [2.45, 2.75) is 64.5 Å². The maximum Gasteiger partial charge on any atom is 0.307 e. The number of carbonyl (C=O) groups excluding carboxylic acids is 2. The number of carbonyl (C=O) groups is 2. The van der Waals surface area contributed by atoms with Crippen LogP contribution in [0.15, 0.2) is 42.5 Å². The number of esters is 1. The van der Waals surface area contributed by atoms with E-state index in [0.29, 0.717) is 12.8 Å². The van der Waals surface area contributed by atoms with Crippen molar-refractivity contribution in [2.24, 2.45) is 0 Å². The summed E-state index contributed by atoms with van der Waals surface area (Å²) in [6.07, 6.45) is 4.73. The third kappa shape index (κ3) is 5.43. The molecule has 0 aromatic heterocycles. The van der Waals surface area contributed by atoms with E-state index in [1.54, 1.807) is 19.1 Å². The van der Waals surface area contributed by atoms with E-state index < -0.39 is 5.72 Å². The molecule has 29 heavy (non-hydrogen) atoms. The lowest BCUT2D eigenvalue weighted by Gasteiger charge is -2.37. The van der Waals surface area contributed by atoms with Crippen LogP contribution in [0.25, 0.3) is 11.1 Å². The van der Waals surface area contributed by atoms with Crippen LogP contribution in [0.2, 0.25) is 0 Å². The summed E-state index contributed by atoms with van der Waals surface area (Å²) in [5.74, 6) is -0.725. The average Bonchev–Trinajstić information content (AvgIpc) is 2.70. The number of halogens is 1. The summed E-state index contributed by atoms with van der Waals surface area (Å²) >= 11 is 0. The molecule has 0 saturated heterocycles. The lowest BCUT2D eigenvalue weighted by Crippen LogP contribution is -2.53. The highest BCUT2D eigenvalue weighted by molar-refractivity contribution is 5.81. The van der Waals surface area contributed by atoms with Gasteiger partial charge in [-0.15, -0.1) is 0 Å². The third-order valence-corrected chi connectivity index (χ3v) is 5.50. The summed E-state index contributed by atoms with van der Waals surface area (Å²) < 4.78 is 18.9. The van der Waals surface area contributed by atoms with Gasteiger partial charge in [0.2, 0.25) is 5.91 Å². The van der Waals surface area contributed by atoms with Gasteiger partial charge in [-0.3, -0.25) is 9.59 Å². The predicted octanol–water partition coefficient (Wildman–Crippen LogP) is 5.07. The molecule has 0 aliphatic heterocycles. The Bertz CT molecular complexity index is 870. The maximum absolute atomic E-state index is 13.2. The molecule has 2 aromatic rings. The minimum absolute atomic E-state index is 0.157. The molecule has 1 fully saturated rings. The Kier molecular flexibility index (Phi) is 6.68. The molecule has 0 atom stereocenters. The largest absolute Gasteiger partial charge is 0.439 e. The lowest BCUT2D eigenvalue weighted by atomic mass is 9.91. The van der Waals surface area contributed by atoms with E-state index in [1.165, 1.54) is 12.1 Å². The Morgan fingerprint density at radius 2 is 1.69 bits per heavy atom. The van der Waals surface area contributed by atoms with Gasteiger partial charge in [-0.2, -0.15) is 0 Å². The van der Waals surface area contributed by atoms with Gasteiger partial charge in [0.15, 0.2) is 5.72 Å². The molecule has 1 saturated carbocycles. The van der Waals surface area contributed by atoms with Gasteiger partial charge in [0.05, 0.1) is 6.42 Å². The number of amides is 1. The summed E-state index contributed by atoms with van der Waals surface area (Å²) in [5, 5.41) is 3.01. The number of ether oxygens (including phenoxy) is 1. The van der Waals surface area contributed by atoms with Crippen molar-refractivity contribution in [1.29, 1.82) is 0 Å². The first-order valence-corrected chi connectivity index (χ1v) is 10.3. The monoisotopic (exact) mass is 397 g/mol. The molecule has 0 bridgehead atoms. The number of nitrogens with one attached hydrogen (secondary N) is 1. The Labute approximate surface area is 171 Å². The molecular weight excluding hydrogens is 369 g/mol. The molecule has 1 aliphatic carbocycles. The van der Waals surface area contributed by atoms with Crippen LogP contribution in [-0.2, 0) is 20.7 Å². The summed E-state index contributed by atoms with van der Waals surface area (Å²) in [4.78, 5) is 24.8. The Morgan fingerprint density at radius 1 is 1.03 bits per heavy atom. The number of hydrogen-bond donors (Lipinski definition) is 1. The van der Waals surface area contributed by atoms with Crippen molar-refractivity contribution in [3.8, 4) is 11.1 Å². The van der Waals surface area contributed by atoms with Crippen LogP contribution in [0.1, 0.15) is 56.6 Å². The molecule has 0 spiro atoms. The second-order valence-corrected chi connectivity index (χ2v) is 7.76. The van der Waals surface area contributed by atoms with Gasteiger partial charge in [0, 0.05) is 19.3 Å². The normalized spacial score (nSPS) is 15.6. The van der Waals surface area contributed by atoms with Gasteiger partial charge >= 0.3 is 5.97 Å². The zero-order valence-corrected chi connectivity index (χ0v) is 17.1. The van der Waals surface area contributed by atoms with Gasteiger partial charge in [-0.1, -0.05) is 43.7 Å². The molecule has 1 amide bonds. The quantitative estimate of drug-likeness (QED) is 0.547. The molecule has 2 aromatic carbocycles. The average molecular weight is 397 g/mol. The van der Waals surface area contributed by atoms with Crippen LogP contribution in [0.3, 0.4) is 0 Å². The standard InChI is InChI=1S/C24H28FNO3/c1-3-23(28)29-24(13-5-4-6-14-24)26-22(27)16-20-15-19(8-7-17(20)2)18-9-11-21(25)12-10-18/h7-12,15H,3-6,13-14,16H2,1-2H3,(H,26,27). The minimum atomic E-state index is -0.884. The van der Waals surface area contributed by atoms with Crippen molar-refractivity contribution >= 4 is 11.9 Å². The zero-order valence-electron chi connectivity index (χ0n) is 17.1. The van der Waals surface area contributed by atoms with Crippen molar-refractivity contribution in [3.05, 3.63) is 59.4 Å². The first-order chi connectivity index (χ1) is 13.9. The van der Waals surface area contributed by atoms with Crippen molar-refractivity contribution in [1.82, 2.24) is 5.32 Å². The first-order valence-electron chi connectivity index (χ1n) is 10.3. The first kappa shape index (κ1) is 21.0. The Morgan fingerprint density at radius 3 is 2.34 bits per heavy atom. The highest BCUT2D eigenvalue weighted by Gasteiger charge is 2.37. The van der Waals surface area contributed by atoms with Crippen molar-refractivity contribution in [2.75, 3.05) is 0 Å². The molecule has 1 aliphatic rings. The fourth-order valence-electron chi connectivity index (χ4n) is 3.82. The summed E-state index contributed by atoms with van der Waals surface area (Å²) in [5.41, 5.74) is 2.86. The van der Waals surface area contributed by atoms with Crippen LogP contribution in [-0.4, -0.2) is 17.6 Å². The Hall–Kier alpha value is -2.69. The highest BCUT2D eigenvalue weighted by Crippen LogP contribution is 2.30. The van der Waals surface area contributed by atoms with Crippen molar-refractivity contribution in [3.63, 3.8) is 0 Å². The summed E-state index contributed by atoms with van der Waals surface area (Å²) in [6, 6.07) is 12.2. The molecule has 0 unspecified atom stereocenters. The van der Waals surface area contributed by atoms with E-state index >= 15 is 0 Å². The fraction of sp³-hybridized carbons (Fsp3) is 0.417. The van der Waals surface area contributed by atoms with E-state index in [9.17, 15) is 14.0 Å². The molecule has 0 radical (unpaired) electrons.